The number of ketones is 1. The van der Waals surface area contributed by atoms with Gasteiger partial charge in [-0.05, 0) is 35.7 Å². The number of rotatable bonds is 6. The lowest BCUT2D eigenvalue weighted by Gasteiger charge is -2.10. The average molecular weight is 397 g/mol. The summed E-state index contributed by atoms with van der Waals surface area (Å²) in [6.45, 7) is 1.55. The number of Topliss-reactive ketones (excluding diaryl/α,β-unsaturated/α-hetero) is 1. The predicted molar refractivity (Wildman–Crippen MR) is 113 cm³/mol. The van der Waals surface area contributed by atoms with E-state index in [9.17, 15) is 4.79 Å². The van der Waals surface area contributed by atoms with E-state index in [0.717, 1.165) is 16.7 Å². The molecule has 0 saturated carbocycles. The Labute approximate surface area is 168 Å². The molecule has 3 nitrogen and oxygen atoms in total. The molecule has 0 aliphatic carbocycles. The van der Waals surface area contributed by atoms with Gasteiger partial charge in [0, 0.05) is 22.0 Å². The summed E-state index contributed by atoms with van der Waals surface area (Å²) in [5, 5.41) is 5.34. The summed E-state index contributed by atoms with van der Waals surface area (Å²) in [6.07, 6.45) is 2.32. The lowest BCUT2D eigenvalue weighted by atomic mass is 10.0. The Balaban J connectivity index is 1.72. The van der Waals surface area contributed by atoms with E-state index in [1.54, 1.807) is 25.3 Å². The summed E-state index contributed by atoms with van der Waals surface area (Å²) in [4.78, 5) is 11.4. The summed E-state index contributed by atoms with van der Waals surface area (Å²) >= 11 is 12.9. The van der Waals surface area contributed by atoms with Gasteiger partial charge in [-0.2, -0.15) is 5.10 Å². The van der Waals surface area contributed by atoms with E-state index in [2.05, 4.69) is 10.5 Å². The van der Waals surface area contributed by atoms with E-state index in [4.69, 9.17) is 23.2 Å². The van der Waals surface area contributed by atoms with Crippen molar-refractivity contribution in [2.75, 3.05) is 5.43 Å². The number of nitrogens with zero attached hydrogens (tertiary/aromatic N) is 1. The van der Waals surface area contributed by atoms with Gasteiger partial charge in [0.15, 0.2) is 5.78 Å². The molecule has 0 atom stereocenters. The van der Waals surface area contributed by atoms with Crippen LogP contribution in [0.2, 0.25) is 10.0 Å². The molecule has 3 aromatic carbocycles. The number of hydrazone groups is 1. The van der Waals surface area contributed by atoms with Crippen LogP contribution in [0.15, 0.2) is 71.8 Å². The molecule has 0 aliphatic rings. The highest BCUT2D eigenvalue weighted by Crippen LogP contribution is 2.31. The first-order valence-electron chi connectivity index (χ1n) is 8.45. The van der Waals surface area contributed by atoms with Crippen molar-refractivity contribution in [3.63, 3.8) is 0 Å². The third-order valence-electron chi connectivity index (χ3n) is 4.09. The molecule has 0 spiro atoms. The van der Waals surface area contributed by atoms with E-state index in [-0.39, 0.29) is 5.78 Å². The molecule has 1 N–H and O–H groups in total. The second kappa shape index (κ2) is 8.85. The fourth-order valence-corrected chi connectivity index (χ4v) is 3.24. The van der Waals surface area contributed by atoms with E-state index < -0.39 is 0 Å². The minimum Gasteiger partial charge on any atom is -0.295 e. The predicted octanol–water partition coefficient (Wildman–Crippen LogP) is 6.23. The molecule has 136 valence electrons. The van der Waals surface area contributed by atoms with Crippen LogP contribution < -0.4 is 5.43 Å². The first-order valence-corrected chi connectivity index (χ1v) is 9.20. The Hall–Kier alpha value is -2.62. The molecule has 3 rings (SSSR count). The van der Waals surface area contributed by atoms with Crippen LogP contribution in [0.4, 0.5) is 5.69 Å². The van der Waals surface area contributed by atoms with Crippen LogP contribution in [-0.2, 0) is 6.42 Å². The van der Waals surface area contributed by atoms with E-state index in [0.29, 0.717) is 27.7 Å². The van der Waals surface area contributed by atoms with Crippen LogP contribution in [0.3, 0.4) is 0 Å². The molecule has 0 bridgehead atoms. The van der Waals surface area contributed by atoms with Crippen molar-refractivity contribution in [1.82, 2.24) is 0 Å². The smallest absolute Gasteiger partial charge is 0.159 e. The third-order valence-corrected chi connectivity index (χ3v) is 4.76. The number of benzene rings is 3. The Kier molecular flexibility index (Phi) is 6.28. The van der Waals surface area contributed by atoms with Gasteiger partial charge in [-0.3, -0.25) is 10.2 Å². The molecule has 0 aromatic heterocycles. The van der Waals surface area contributed by atoms with Crippen molar-refractivity contribution >= 4 is 40.9 Å². The van der Waals surface area contributed by atoms with Gasteiger partial charge in [-0.25, -0.2) is 0 Å². The molecule has 5 heteroatoms. The van der Waals surface area contributed by atoms with Gasteiger partial charge in [0.05, 0.1) is 11.9 Å². The van der Waals surface area contributed by atoms with Gasteiger partial charge >= 0.3 is 0 Å². The largest absolute Gasteiger partial charge is 0.295 e. The first-order chi connectivity index (χ1) is 13.0. The minimum atomic E-state index is 0.0455. The van der Waals surface area contributed by atoms with Gasteiger partial charge in [0.25, 0.3) is 0 Å². The van der Waals surface area contributed by atoms with Crippen molar-refractivity contribution in [1.29, 1.82) is 0 Å². The zero-order chi connectivity index (χ0) is 19.2. The highest BCUT2D eigenvalue weighted by atomic mass is 35.5. The van der Waals surface area contributed by atoms with Crippen molar-refractivity contribution in [2.24, 2.45) is 5.10 Å². The summed E-state index contributed by atoms with van der Waals surface area (Å²) in [5.74, 6) is 0.0455. The van der Waals surface area contributed by atoms with Crippen molar-refractivity contribution in [2.45, 2.75) is 13.3 Å². The van der Waals surface area contributed by atoms with Gasteiger partial charge in [0.1, 0.15) is 0 Å². The Morgan fingerprint density at radius 3 is 2.22 bits per heavy atom. The van der Waals surface area contributed by atoms with Crippen LogP contribution in [0.25, 0.3) is 0 Å². The topological polar surface area (TPSA) is 41.5 Å². The summed E-state index contributed by atoms with van der Waals surface area (Å²) in [5.41, 5.74) is 7.22. The highest BCUT2D eigenvalue weighted by molar-refractivity contribution is 6.36. The highest BCUT2D eigenvalue weighted by Gasteiger charge is 2.10. The number of carbonyl (C=O) groups is 1. The van der Waals surface area contributed by atoms with Crippen molar-refractivity contribution in [3.8, 4) is 0 Å². The normalized spacial score (nSPS) is 10.9. The number of hydrogen-bond donors (Lipinski definition) is 1. The third kappa shape index (κ3) is 5.19. The monoisotopic (exact) mass is 396 g/mol. The molecule has 0 fully saturated rings. The van der Waals surface area contributed by atoms with Crippen molar-refractivity contribution in [3.05, 3.63) is 99.0 Å². The van der Waals surface area contributed by atoms with Gasteiger partial charge < -0.3 is 0 Å². The number of anilines is 1. The Morgan fingerprint density at radius 1 is 1.00 bits per heavy atom. The molecular formula is C22H18Cl2N2O. The zero-order valence-corrected chi connectivity index (χ0v) is 16.3. The number of carbonyl (C=O) groups excluding carboxylic acids is 1. The molecule has 0 unspecified atom stereocenters. The van der Waals surface area contributed by atoms with Crippen LogP contribution in [0, 0.1) is 0 Å². The fraction of sp³-hybridized carbons (Fsp3) is 0.0909. The number of nitrogens with one attached hydrogen (secondary N) is 1. The van der Waals surface area contributed by atoms with Gasteiger partial charge in [-0.15, -0.1) is 0 Å². The molecular weight excluding hydrogens is 379 g/mol. The minimum absolute atomic E-state index is 0.0455. The summed E-state index contributed by atoms with van der Waals surface area (Å²) < 4.78 is 0. The van der Waals surface area contributed by atoms with Crippen LogP contribution in [0.1, 0.15) is 34.0 Å². The maximum absolute atomic E-state index is 11.4. The lowest BCUT2D eigenvalue weighted by molar-refractivity contribution is 0.101. The summed E-state index contributed by atoms with van der Waals surface area (Å²) in [7, 11) is 0. The standard InChI is InChI=1S/C22H18Cl2N2O/c1-15(27)18-9-7-16(8-10-18)11-20-21(23)12-19(13-22(20)24)26-25-14-17-5-3-2-4-6-17/h2-10,12-14,26H,11H2,1H3/b25-14+. The Bertz CT molecular complexity index is 944. The second-order valence-corrected chi connectivity index (χ2v) is 6.94. The fourth-order valence-electron chi connectivity index (χ4n) is 2.62. The molecule has 0 saturated heterocycles. The second-order valence-electron chi connectivity index (χ2n) is 6.13. The van der Waals surface area contributed by atoms with Gasteiger partial charge in [-0.1, -0.05) is 77.8 Å². The Morgan fingerprint density at radius 2 is 1.63 bits per heavy atom. The molecule has 0 radical (unpaired) electrons. The molecule has 3 aromatic rings. The van der Waals surface area contributed by atoms with Crippen LogP contribution >= 0.6 is 23.2 Å². The summed E-state index contributed by atoms with van der Waals surface area (Å²) in [6, 6.07) is 20.8. The quantitative estimate of drug-likeness (QED) is 0.304. The van der Waals surface area contributed by atoms with Crippen molar-refractivity contribution < 1.29 is 4.79 Å². The van der Waals surface area contributed by atoms with Gasteiger partial charge in [0.2, 0.25) is 0 Å². The first kappa shape index (κ1) is 19.2. The number of halogens is 2. The van der Waals surface area contributed by atoms with Crippen LogP contribution in [-0.4, -0.2) is 12.0 Å². The molecule has 0 amide bonds. The SMILES string of the molecule is CC(=O)c1ccc(Cc2c(Cl)cc(N/N=C/c3ccccc3)cc2Cl)cc1. The zero-order valence-electron chi connectivity index (χ0n) is 14.7. The maximum Gasteiger partial charge on any atom is 0.159 e. The molecule has 27 heavy (non-hydrogen) atoms. The lowest BCUT2D eigenvalue weighted by Crippen LogP contribution is -1.96. The van der Waals surface area contributed by atoms with E-state index in [1.807, 2.05) is 54.6 Å². The molecule has 0 heterocycles. The molecule has 0 aliphatic heterocycles. The van der Waals surface area contributed by atoms with Crippen LogP contribution in [0.5, 0.6) is 0 Å². The van der Waals surface area contributed by atoms with E-state index >= 15 is 0 Å². The average Bonchev–Trinajstić information content (AvgIpc) is 2.66. The maximum atomic E-state index is 11.4. The number of hydrogen-bond acceptors (Lipinski definition) is 3. The van der Waals surface area contributed by atoms with E-state index in [1.165, 1.54) is 0 Å².